The highest BCUT2D eigenvalue weighted by Crippen LogP contribution is 2.21. The van der Waals surface area contributed by atoms with Crippen molar-refractivity contribution in [2.45, 2.75) is 19.5 Å². The third-order valence-corrected chi connectivity index (χ3v) is 3.33. The zero-order valence-corrected chi connectivity index (χ0v) is 11.2. The number of hydrazine groups is 1. The largest absolute Gasteiger partial charge is 0.270 e. The molecule has 2 heterocycles. The molecule has 0 amide bonds. The van der Waals surface area contributed by atoms with Crippen molar-refractivity contribution in [1.82, 2.24) is 25.4 Å². The van der Waals surface area contributed by atoms with Gasteiger partial charge in [-0.1, -0.05) is 29.5 Å². The van der Waals surface area contributed by atoms with Gasteiger partial charge in [0, 0.05) is 11.9 Å². The lowest BCUT2D eigenvalue weighted by Crippen LogP contribution is -2.31. The van der Waals surface area contributed by atoms with Crippen molar-refractivity contribution in [3.63, 3.8) is 0 Å². The Hall–Kier alpha value is -2.31. The van der Waals surface area contributed by atoms with E-state index in [1.165, 1.54) is 0 Å². The summed E-state index contributed by atoms with van der Waals surface area (Å²) in [5, 5.41) is 9.08. The summed E-state index contributed by atoms with van der Waals surface area (Å²) in [5.74, 6) is 5.70. The average molecular weight is 268 g/mol. The molecule has 1 unspecified atom stereocenters. The number of aryl methyl sites for hydroxylation is 1. The molecule has 1 aromatic carbocycles. The maximum absolute atomic E-state index is 5.70. The van der Waals surface area contributed by atoms with Gasteiger partial charge in [-0.3, -0.25) is 10.8 Å². The Kier molecular flexibility index (Phi) is 3.41. The van der Waals surface area contributed by atoms with E-state index in [-0.39, 0.29) is 6.04 Å². The van der Waals surface area contributed by atoms with Crippen LogP contribution in [-0.4, -0.2) is 20.0 Å². The van der Waals surface area contributed by atoms with E-state index in [0.717, 1.165) is 28.8 Å². The molecule has 1 atom stereocenters. The Labute approximate surface area is 116 Å². The molecule has 0 aliphatic carbocycles. The molecule has 0 aliphatic heterocycles. The Morgan fingerprint density at radius 2 is 2.10 bits per heavy atom. The van der Waals surface area contributed by atoms with Crippen molar-refractivity contribution < 1.29 is 0 Å². The third kappa shape index (κ3) is 2.15. The summed E-state index contributed by atoms with van der Waals surface area (Å²) in [7, 11) is 0. The lowest BCUT2D eigenvalue weighted by molar-refractivity contribution is 0.529. The standard InChI is InChI=1S/C14H16N6/c1-2-20-13(9-16-19-20)14(18-15)12-8-7-10-5-3-4-6-11(10)17-12/h3-9,14,18H,2,15H2,1H3. The van der Waals surface area contributed by atoms with Gasteiger partial charge in [0.15, 0.2) is 0 Å². The third-order valence-electron chi connectivity index (χ3n) is 3.33. The minimum absolute atomic E-state index is 0.227. The van der Waals surface area contributed by atoms with Crippen LogP contribution in [0.4, 0.5) is 0 Å². The van der Waals surface area contributed by atoms with Crippen LogP contribution in [0.25, 0.3) is 10.9 Å². The molecule has 0 saturated heterocycles. The number of benzene rings is 1. The Balaban J connectivity index is 2.07. The first-order valence-corrected chi connectivity index (χ1v) is 6.53. The highest BCUT2D eigenvalue weighted by atomic mass is 15.4. The number of nitrogens with one attached hydrogen (secondary N) is 1. The van der Waals surface area contributed by atoms with Gasteiger partial charge in [0.05, 0.1) is 23.1 Å². The number of nitrogens with zero attached hydrogens (tertiary/aromatic N) is 4. The van der Waals surface area contributed by atoms with Gasteiger partial charge in [-0.05, 0) is 19.1 Å². The van der Waals surface area contributed by atoms with Crippen molar-refractivity contribution >= 4 is 10.9 Å². The summed E-state index contributed by atoms with van der Waals surface area (Å²) in [6.07, 6.45) is 1.71. The van der Waals surface area contributed by atoms with Crippen LogP contribution < -0.4 is 11.3 Å². The fourth-order valence-electron chi connectivity index (χ4n) is 2.30. The molecule has 0 spiro atoms. The summed E-state index contributed by atoms with van der Waals surface area (Å²) in [6.45, 7) is 2.75. The van der Waals surface area contributed by atoms with E-state index in [9.17, 15) is 0 Å². The van der Waals surface area contributed by atoms with Crippen LogP contribution in [0, 0.1) is 0 Å². The molecule has 0 saturated carbocycles. The summed E-state index contributed by atoms with van der Waals surface area (Å²) in [4.78, 5) is 4.67. The van der Waals surface area contributed by atoms with Crippen molar-refractivity contribution in [1.29, 1.82) is 0 Å². The van der Waals surface area contributed by atoms with E-state index in [1.807, 2.05) is 43.3 Å². The lowest BCUT2D eigenvalue weighted by Gasteiger charge is -2.16. The smallest absolute Gasteiger partial charge is 0.106 e. The van der Waals surface area contributed by atoms with Gasteiger partial charge in [0.25, 0.3) is 0 Å². The molecule has 0 bridgehead atoms. The molecule has 0 fully saturated rings. The second kappa shape index (κ2) is 5.36. The molecule has 0 radical (unpaired) electrons. The molecule has 20 heavy (non-hydrogen) atoms. The molecule has 102 valence electrons. The van der Waals surface area contributed by atoms with Crippen molar-refractivity contribution in [3.8, 4) is 0 Å². The topological polar surface area (TPSA) is 81.7 Å². The van der Waals surface area contributed by atoms with Crippen molar-refractivity contribution in [2.75, 3.05) is 0 Å². The van der Waals surface area contributed by atoms with Gasteiger partial charge >= 0.3 is 0 Å². The molecule has 2 aromatic heterocycles. The minimum atomic E-state index is -0.227. The fourth-order valence-corrected chi connectivity index (χ4v) is 2.30. The first-order valence-electron chi connectivity index (χ1n) is 6.53. The molecular weight excluding hydrogens is 252 g/mol. The summed E-state index contributed by atoms with van der Waals surface area (Å²) < 4.78 is 1.81. The number of rotatable bonds is 4. The number of aromatic nitrogens is 4. The minimum Gasteiger partial charge on any atom is -0.270 e. The van der Waals surface area contributed by atoms with Crippen LogP contribution in [0.15, 0.2) is 42.6 Å². The van der Waals surface area contributed by atoms with E-state index in [4.69, 9.17) is 5.84 Å². The highest BCUT2D eigenvalue weighted by molar-refractivity contribution is 5.78. The summed E-state index contributed by atoms with van der Waals surface area (Å²) in [6, 6.07) is 11.8. The van der Waals surface area contributed by atoms with Gasteiger partial charge in [0.1, 0.15) is 6.04 Å². The number of fused-ring (bicyclic) bond motifs is 1. The quantitative estimate of drug-likeness (QED) is 0.552. The number of hydrogen-bond donors (Lipinski definition) is 2. The number of pyridine rings is 1. The fraction of sp³-hybridized carbons (Fsp3) is 0.214. The zero-order valence-electron chi connectivity index (χ0n) is 11.2. The SMILES string of the molecule is CCn1nncc1C(NN)c1ccc2ccccc2n1. The predicted octanol–water partition coefficient (Wildman–Crippen LogP) is 1.40. The summed E-state index contributed by atoms with van der Waals surface area (Å²) in [5.41, 5.74) is 5.49. The molecule has 3 rings (SSSR count). The first kappa shape index (κ1) is 12.7. The van der Waals surface area contributed by atoms with E-state index in [2.05, 4.69) is 20.7 Å². The lowest BCUT2D eigenvalue weighted by atomic mass is 10.1. The van der Waals surface area contributed by atoms with Crippen LogP contribution in [0.2, 0.25) is 0 Å². The van der Waals surface area contributed by atoms with E-state index < -0.39 is 0 Å². The highest BCUT2D eigenvalue weighted by Gasteiger charge is 2.18. The van der Waals surface area contributed by atoms with E-state index in [0.29, 0.717) is 0 Å². The Morgan fingerprint density at radius 3 is 2.90 bits per heavy atom. The summed E-state index contributed by atoms with van der Waals surface area (Å²) >= 11 is 0. The second-order valence-electron chi connectivity index (χ2n) is 4.50. The maximum atomic E-state index is 5.70. The van der Waals surface area contributed by atoms with Gasteiger partial charge in [-0.25, -0.2) is 10.1 Å². The van der Waals surface area contributed by atoms with Crippen LogP contribution >= 0.6 is 0 Å². The number of para-hydroxylation sites is 1. The van der Waals surface area contributed by atoms with E-state index in [1.54, 1.807) is 10.9 Å². The Bertz CT molecular complexity index is 720. The van der Waals surface area contributed by atoms with Crippen molar-refractivity contribution in [3.05, 3.63) is 54.0 Å². The molecular formula is C14H16N6. The van der Waals surface area contributed by atoms with Gasteiger partial charge in [-0.15, -0.1) is 5.10 Å². The molecule has 6 nitrogen and oxygen atoms in total. The molecule has 3 N–H and O–H groups in total. The molecule has 0 aliphatic rings. The predicted molar refractivity (Wildman–Crippen MR) is 76.6 cm³/mol. The van der Waals surface area contributed by atoms with Gasteiger partial charge in [-0.2, -0.15) is 0 Å². The maximum Gasteiger partial charge on any atom is 0.106 e. The van der Waals surface area contributed by atoms with Crippen LogP contribution in [0.5, 0.6) is 0 Å². The van der Waals surface area contributed by atoms with Gasteiger partial charge in [0.2, 0.25) is 0 Å². The van der Waals surface area contributed by atoms with Crippen LogP contribution in [0.3, 0.4) is 0 Å². The second-order valence-corrected chi connectivity index (χ2v) is 4.50. The molecule has 3 aromatic rings. The first-order chi connectivity index (χ1) is 9.83. The van der Waals surface area contributed by atoms with Crippen LogP contribution in [-0.2, 0) is 6.54 Å². The number of hydrogen-bond acceptors (Lipinski definition) is 5. The Morgan fingerprint density at radius 1 is 1.25 bits per heavy atom. The number of nitrogens with two attached hydrogens (primary N) is 1. The van der Waals surface area contributed by atoms with Gasteiger partial charge < -0.3 is 0 Å². The van der Waals surface area contributed by atoms with E-state index >= 15 is 0 Å². The zero-order chi connectivity index (χ0) is 13.9. The molecule has 6 heteroatoms. The normalized spacial score (nSPS) is 12.7. The monoisotopic (exact) mass is 268 g/mol. The van der Waals surface area contributed by atoms with Crippen LogP contribution in [0.1, 0.15) is 24.4 Å². The van der Waals surface area contributed by atoms with Crippen molar-refractivity contribution in [2.24, 2.45) is 5.84 Å². The average Bonchev–Trinajstić information content (AvgIpc) is 2.96.